The van der Waals surface area contributed by atoms with Gasteiger partial charge in [-0.25, -0.2) is 4.39 Å². The van der Waals surface area contributed by atoms with Crippen LogP contribution in [0.5, 0.6) is 6.01 Å². The third-order valence-electron chi connectivity index (χ3n) is 8.64. The molecule has 42 heavy (non-hydrogen) atoms. The van der Waals surface area contributed by atoms with Crippen LogP contribution in [0.1, 0.15) is 35.8 Å². The maximum Gasteiger partial charge on any atom is 0.318 e. The summed E-state index contributed by atoms with van der Waals surface area (Å²) in [7, 11) is 1.90. The van der Waals surface area contributed by atoms with Gasteiger partial charge in [-0.05, 0) is 35.9 Å². The van der Waals surface area contributed by atoms with Crippen molar-refractivity contribution < 1.29 is 18.7 Å². The predicted octanol–water partition coefficient (Wildman–Crippen LogP) is 3.98. The molecule has 0 saturated carbocycles. The molecule has 0 aliphatic carbocycles. The van der Waals surface area contributed by atoms with E-state index in [0.717, 1.165) is 27.6 Å². The molecule has 2 fully saturated rings. The Bertz CT molecular complexity index is 1520. The number of halogens is 1. The zero-order chi connectivity index (χ0) is 29.2. The molecule has 2 aromatic carbocycles. The van der Waals surface area contributed by atoms with Gasteiger partial charge < -0.3 is 19.3 Å². The smallest absolute Gasteiger partial charge is 0.318 e. The molecule has 3 aromatic rings. The van der Waals surface area contributed by atoms with E-state index >= 15 is 0 Å². The highest BCUT2D eigenvalue weighted by molar-refractivity contribution is 5.87. The standard InChI is InChI=1S/C32H35FN6O3/c1-3-30(40)39-14-13-38(18-23(39)11-12-34)31-27-20-41-29(26-10-6-8-21-7-4-5-9-25(21)26)16-28(27)35-32(36-31)42-19-24-15-22(33)17-37(24)2/h3-10,22-24,29H,1,11,13-20H2,2H3/t22-,23-,24-,29-/m0/s1. The number of hydrogen-bond donors (Lipinski definition) is 0. The highest BCUT2D eigenvalue weighted by atomic mass is 19.1. The van der Waals surface area contributed by atoms with Crippen LogP contribution in [0.3, 0.4) is 0 Å². The van der Waals surface area contributed by atoms with Crippen molar-refractivity contribution in [2.75, 3.05) is 44.7 Å². The zero-order valence-corrected chi connectivity index (χ0v) is 23.8. The minimum Gasteiger partial charge on any atom is -0.462 e. The summed E-state index contributed by atoms with van der Waals surface area (Å²) < 4.78 is 26.6. The molecule has 9 nitrogen and oxygen atoms in total. The first kappa shape index (κ1) is 28.1. The molecule has 6 rings (SSSR count). The van der Waals surface area contributed by atoms with E-state index in [1.54, 1.807) is 4.90 Å². The van der Waals surface area contributed by atoms with Gasteiger partial charge in [-0.2, -0.15) is 15.2 Å². The molecule has 0 radical (unpaired) electrons. The van der Waals surface area contributed by atoms with Crippen LogP contribution in [0.4, 0.5) is 10.2 Å². The first-order valence-electron chi connectivity index (χ1n) is 14.5. The van der Waals surface area contributed by atoms with Crippen molar-refractivity contribution in [3.05, 3.63) is 71.9 Å². The predicted molar refractivity (Wildman–Crippen MR) is 157 cm³/mol. The molecule has 218 valence electrons. The van der Waals surface area contributed by atoms with Gasteiger partial charge in [-0.1, -0.05) is 49.0 Å². The summed E-state index contributed by atoms with van der Waals surface area (Å²) in [4.78, 5) is 28.0. The number of ether oxygens (including phenoxy) is 2. The fourth-order valence-electron chi connectivity index (χ4n) is 6.40. The SMILES string of the molecule is C=CC(=O)N1CCN(c2nc(OC[C@@H]3C[C@H](F)CN3C)nc3c2CO[C@H](c2cccc4ccccc24)C3)C[C@@H]1CC#N. The fraction of sp³-hybridized carbons (Fsp3) is 0.438. The van der Waals surface area contributed by atoms with E-state index in [4.69, 9.17) is 19.4 Å². The molecule has 1 aromatic heterocycles. The molecule has 3 aliphatic heterocycles. The number of likely N-dealkylation sites (tertiary alicyclic amines) is 1. The number of aromatic nitrogens is 2. The quantitative estimate of drug-likeness (QED) is 0.394. The average Bonchev–Trinajstić information content (AvgIpc) is 3.34. The van der Waals surface area contributed by atoms with Crippen LogP contribution in [0.2, 0.25) is 0 Å². The second-order valence-electron chi connectivity index (χ2n) is 11.3. The lowest BCUT2D eigenvalue weighted by Crippen LogP contribution is -2.55. The molecule has 10 heteroatoms. The molecule has 3 aliphatic rings. The summed E-state index contributed by atoms with van der Waals surface area (Å²) in [5.41, 5.74) is 2.84. The Morgan fingerprint density at radius 1 is 1.19 bits per heavy atom. The molecule has 4 heterocycles. The van der Waals surface area contributed by atoms with Gasteiger partial charge in [0, 0.05) is 44.2 Å². The van der Waals surface area contributed by atoms with Crippen LogP contribution in [0.15, 0.2) is 55.1 Å². The van der Waals surface area contributed by atoms with Crippen LogP contribution in [0, 0.1) is 11.3 Å². The number of nitriles is 1. The molecule has 0 unspecified atom stereocenters. The van der Waals surface area contributed by atoms with Gasteiger partial charge in [0.1, 0.15) is 18.6 Å². The van der Waals surface area contributed by atoms with E-state index < -0.39 is 6.17 Å². The number of likely N-dealkylation sites (N-methyl/N-ethyl adjacent to an activating group) is 1. The number of anilines is 1. The minimum absolute atomic E-state index is 0.0525. The third kappa shape index (κ3) is 5.54. The Hall–Kier alpha value is -4.07. The number of alkyl halides is 1. The van der Waals surface area contributed by atoms with Gasteiger partial charge in [0.15, 0.2) is 0 Å². The average molecular weight is 571 g/mol. The Morgan fingerprint density at radius 3 is 2.81 bits per heavy atom. The normalized spacial score (nSPS) is 24.3. The molecule has 0 spiro atoms. The lowest BCUT2D eigenvalue weighted by atomic mass is 9.94. The molecule has 0 bridgehead atoms. The number of carbonyl (C=O) groups is 1. The van der Waals surface area contributed by atoms with Crippen molar-refractivity contribution in [2.45, 2.75) is 50.2 Å². The van der Waals surface area contributed by atoms with E-state index in [1.807, 2.05) is 30.1 Å². The van der Waals surface area contributed by atoms with Crippen molar-refractivity contribution in [3.8, 4) is 12.1 Å². The minimum atomic E-state index is -0.867. The van der Waals surface area contributed by atoms with Crippen molar-refractivity contribution in [2.24, 2.45) is 0 Å². The number of benzene rings is 2. The van der Waals surface area contributed by atoms with Gasteiger partial charge in [0.05, 0.1) is 36.9 Å². The summed E-state index contributed by atoms with van der Waals surface area (Å²) in [6.07, 6.45) is 1.39. The fourth-order valence-corrected chi connectivity index (χ4v) is 6.40. The first-order valence-corrected chi connectivity index (χ1v) is 14.5. The lowest BCUT2D eigenvalue weighted by Gasteiger charge is -2.41. The number of piperazine rings is 1. The Kier molecular flexibility index (Phi) is 8.05. The van der Waals surface area contributed by atoms with E-state index in [9.17, 15) is 14.4 Å². The molecular weight excluding hydrogens is 535 g/mol. The Labute approximate surface area is 245 Å². The van der Waals surface area contributed by atoms with Gasteiger partial charge in [-0.3, -0.25) is 9.69 Å². The molecular formula is C32H35FN6O3. The van der Waals surface area contributed by atoms with E-state index in [1.165, 1.54) is 6.08 Å². The summed E-state index contributed by atoms with van der Waals surface area (Å²) in [6, 6.07) is 16.6. The second kappa shape index (κ2) is 12.0. The summed E-state index contributed by atoms with van der Waals surface area (Å²) in [6.45, 7) is 6.04. The first-order chi connectivity index (χ1) is 20.4. The number of carbonyl (C=O) groups excluding carboxylic acids is 1. The number of hydrogen-bond acceptors (Lipinski definition) is 8. The van der Waals surface area contributed by atoms with Crippen LogP contribution in [-0.4, -0.2) is 83.8 Å². The summed E-state index contributed by atoms with van der Waals surface area (Å²) in [5, 5.41) is 11.8. The number of nitrogens with zero attached hydrogens (tertiary/aromatic N) is 6. The van der Waals surface area contributed by atoms with Gasteiger partial charge >= 0.3 is 6.01 Å². The van der Waals surface area contributed by atoms with E-state index in [0.29, 0.717) is 51.4 Å². The number of fused-ring (bicyclic) bond motifs is 2. The monoisotopic (exact) mass is 570 g/mol. The maximum atomic E-state index is 14.0. The highest BCUT2D eigenvalue weighted by Crippen LogP contribution is 2.38. The Balaban J connectivity index is 1.32. The summed E-state index contributed by atoms with van der Waals surface area (Å²) >= 11 is 0. The van der Waals surface area contributed by atoms with Crippen LogP contribution in [-0.2, 0) is 22.6 Å². The molecule has 0 N–H and O–H groups in total. The van der Waals surface area contributed by atoms with Crippen LogP contribution >= 0.6 is 0 Å². The Morgan fingerprint density at radius 2 is 2.02 bits per heavy atom. The maximum absolute atomic E-state index is 14.0. The molecule has 1 amide bonds. The van der Waals surface area contributed by atoms with Gasteiger partial charge in [-0.15, -0.1) is 0 Å². The zero-order valence-electron chi connectivity index (χ0n) is 23.8. The third-order valence-corrected chi connectivity index (χ3v) is 8.64. The summed E-state index contributed by atoms with van der Waals surface area (Å²) in [5.74, 6) is 0.514. The van der Waals surface area contributed by atoms with Crippen LogP contribution in [0.25, 0.3) is 10.8 Å². The lowest BCUT2D eigenvalue weighted by molar-refractivity contribution is -0.128. The van der Waals surface area contributed by atoms with Crippen LogP contribution < -0.4 is 9.64 Å². The molecule has 2 saturated heterocycles. The van der Waals surface area contributed by atoms with Gasteiger partial charge in [0.25, 0.3) is 0 Å². The second-order valence-corrected chi connectivity index (χ2v) is 11.3. The number of amides is 1. The van der Waals surface area contributed by atoms with Gasteiger partial charge in [0.2, 0.25) is 5.91 Å². The van der Waals surface area contributed by atoms with E-state index in [-0.39, 0.29) is 43.1 Å². The van der Waals surface area contributed by atoms with Crippen molar-refractivity contribution >= 4 is 22.5 Å². The van der Waals surface area contributed by atoms with Crippen molar-refractivity contribution in [1.29, 1.82) is 5.26 Å². The largest absolute Gasteiger partial charge is 0.462 e. The van der Waals surface area contributed by atoms with Crippen molar-refractivity contribution in [3.63, 3.8) is 0 Å². The van der Waals surface area contributed by atoms with E-state index in [2.05, 4.69) is 41.8 Å². The topological polar surface area (TPSA) is 94.8 Å². The molecule has 4 atom stereocenters. The number of rotatable bonds is 7. The highest BCUT2D eigenvalue weighted by Gasteiger charge is 2.35. The van der Waals surface area contributed by atoms with Crippen molar-refractivity contribution in [1.82, 2.24) is 19.8 Å².